The zero-order valence-electron chi connectivity index (χ0n) is 19.4. The summed E-state index contributed by atoms with van der Waals surface area (Å²) in [4.78, 5) is 39.5. The minimum absolute atomic E-state index is 0.0206. The monoisotopic (exact) mass is 428 g/mol. The summed E-state index contributed by atoms with van der Waals surface area (Å²) >= 11 is 0. The number of hydrogen-bond donors (Lipinski definition) is 2. The molecule has 0 radical (unpaired) electrons. The van der Waals surface area contributed by atoms with Gasteiger partial charge in [-0.15, -0.1) is 0 Å². The second kappa shape index (κ2) is 8.35. The van der Waals surface area contributed by atoms with Gasteiger partial charge in [0.2, 0.25) is 5.91 Å². The van der Waals surface area contributed by atoms with Crippen molar-refractivity contribution < 1.29 is 28.6 Å². The van der Waals surface area contributed by atoms with E-state index in [0.29, 0.717) is 6.42 Å². The maximum Gasteiger partial charge on any atom is 0.408 e. The number of alkyl carbamates (subject to hydrolysis) is 1. The van der Waals surface area contributed by atoms with Crippen LogP contribution in [0.4, 0.5) is 9.18 Å². The lowest BCUT2D eigenvalue weighted by Crippen LogP contribution is -2.58. The highest BCUT2D eigenvalue weighted by Gasteiger charge is 2.56. The molecule has 0 unspecified atom stereocenters. The number of ether oxygens (including phenoxy) is 1. The van der Waals surface area contributed by atoms with Crippen LogP contribution in [0.1, 0.15) is 61.8 Å². The van der Waals surface area contributed by atoms with Gasteiger partial charge in [-0.05, 0) is 50.4 Å². The van der Waals surface area contributed by atoms with Crippen molar-refractivity contribution >= 4 is 18.0 Å². The van der Waals surface area contributed by atoms with Crippen molar-refractivity contribution in [3.05, 3.63) is 0 Å². The van der Waals surface area contributed by atoms with Gasteiger partial charge in [-0.2, -0.15) is 0 Å². The quantitative estimate of drug-likeness (QED) is 0.718. The molecule has 2 N–H and O–H groups in total. The Morgan fingerprint density at radius 1 is 1.13 bits per heavy atom. The predicted molar refractivity (Wildman–Crippen MR) is 111 cm³/mol. The lowest BCUT2D eigenvalue weighted by atomic mass is 9.66. The zero-order valence-corrected chi connectivity index (χ0v) is 19.4. The van der Waals surface area contributed by atoms with Crippen LogP contribution in [0.5, 0.6) is 0 Å². The number of carboxylic acid groups (broad SMARTS) is 1. The number of halogens is 1. The molecule has 0 spiro atoms. The molecule has 1 aliphatic heterocycles. The van der Waals surface area contributed by atoms with E-state index in [9.17, 15) is 23.9 Å². The number of hydrogen-bond acceptors (Lipinski definition) is 4. The number of carbonyl (C=O) groups is 3. The number of fused-ring (bicyclic) bond motifs is 1. The van der Waals surface area contributed by atoms with Crippen LogP contribution >= 0.6 is 0 Å². The summed E-state index contributed by atoms with van der Waals surface area (Å²) in [5, 5.41) is 12.6. The van der Waals surface area contributed by atoms with Gasteiger partial charge in [0, 0.05) is 12.5 Å². The summed E-state index contributed by atoms with van der Waals surface area (Å²) < 4.78 is 19.8. The van der Waals surface area contributed by atoms with E-state index in [-0.39, 0.29) is 18.4 Å². The number of amides is 2. The van der Waals surface area contributed by atoms with E-state index in [1.54, 1.807) is 48.5 Å². The van der Waals surface area contributed by atoms with Crippen LogP contribution in [0, 0.1) is 29.1 Å². The first-order valence-electron chi connectivity index (χ1n) is 10.7. The maximum absolute atomic E-state index is 14.5. The number of nitrogens with zero attached hydrogens (tertiary/aromatic N) is 1. The lowest BCUT2D eigenvalue weighted by Gasteiger charge is -2.39. The molecule has 0 bridgehead atoms. The molecule has 2 aliphatic rings. The summed E-state index contributed by atoms with van der Waals surface area (Å²) in [6, 6.07) is -2.08. The summed E-state index contributed by atoms with van der Waals surface area (Å²) in [5.74, 6) is -2.60. The third kappa shape index (κ3) is 5.06. The van der Waals surface area contributed by atoms with Gasteiger partial charge in [-0.3, -0.25) is 4.79 Å². The smallest absolute Gasteiger partial charge is 0.408 e. The second-order valence-corrected chi connectivity index (χ2v) is 11.0. The first-order chi connectivity index (χ1) is 13.5. The van der Waals surface area contributed by atoms with Crippen LogP contribution in [0.25, 0.3) is 0 Å². The third-order valence-corrected chi connectivity index (χ3v) is 6.42. The molecule has 2 fully saturated rings. The number of nitrogens with one attached hydrogen (secondary N) is 1. The molecule has 1 saturated carbocycles. The maximum atomic E-state index is 14.5. The van der Waals surface area contributed by atoms with Crippen molar-refractivity contribution in [1.29, 1.82) is 0 Å². The molecule has 2 rings (SSSR count). The van der Waals surface area contributed by atoms with Crippen LogP contribution in [-0.2, 0) is 14.3 Å². The highest BCUT2D eigenvalue weighted by molar-refractivity contribution is 5.90. The molecule has 2 amide bonds. The van der Waals surface area contributed by atoms with E-state index >= 15 is 0 Å². The largest absolute Gasteiger partial charge is 0.480 e. The lowest BCUT2D eigenvalue weighted by molar-refractivity contribution is -0.152. The first-order valence-corrected chi connectivity index (χ1v) is 10.7. The fourth-order valence-corrected chi connectivity index (χ4v) is 4.89. The van der Waals surface area contributed by atoms with Crippen LogP contribution in [-0.4, -0.2) is 58.4 Å². The normalized spacial score (nSPS) is 32.9. The van der Waals surface area contributed by atoms with Gasteiger partial charge in [-0.25, -0.2) is 14.0 Å². The van der Waals surface area contributed by atoms with Crippen molar-refractivity contribution in [1.82, 2.24) is 10.2 Å². The van der Waals surface area contributed by atoms with E-state index in [1.165, 1.54) is 4.90 Å². The Balaban J connectivity index is 2.34. The summed E-state index contributed by atoms with van der Waals surface area (Å²) in [6.07, 6.45) is -1.45. The van der Waals surface area contributed by atoms with Crippen molar-refractivity contribution in [3.63, 3.8) is 0 Å². The van der Waals surface area contributed by atoms with Crippen LogP contribution in [0.3, 0.4) is 0 Å². The summed E-state index contributed by atoms with van der Waals surface area (Å²) in [6.45, 7) is 14.5. The summed E-state index contributed by atoms with van der Waals surface area (Å²) in [7, 11) is 0. The number of carbonyl (C=O) groups excluding carboxylic acids is 2. The highest BCUT2D eigenvalue weighted by atomic mass is 19.1. The first kappa shape index (κ1) is 24.4. The van der Waals surface area contributed by atoms with Gasteiger partial charge in [-0.1, -0.05) is 34.6 Å². The molecule has 1 heterocycles. The number of carboxylic acids is 1. The highest BCUT2D eigenvalue weighted by Crippen LogP contribution is 2.48. The Morgan fingerprint density at radius 2 is 1.70 bits per heavy atom. The average molecular weight is 429 g/mol. The zero-order chi connectivity index (χ0) is 23.2. The molecule has 0 aromatic heterocycles. The molecule has 0 aromatic rings. The van der Waals surface area contributed by atoms with Gasteiger partial charge >= 0.3 is 12.1 Å². The fraction of sp³-hybridized carbons (Fsp3) is 0.864. The van der Waals surface area contributed by atoms with E-state index in [2.05, 4.69) is 5.32 Å². The van der Waals surface area contributed by atoms with Crippen molar-refractivity contribution in [2.24, 2.45) is 29.1 Å². The topological polar surface area (TPSA) is 95.9 Å². The van der Waals surface area contributed by atoms with Crippen molar-refractivity contribution in [2.75, 3.05) is 6.54 Å². The Morgan fingerprint density at radius 3 is 2.17 bits per heavy atom. The average Bonchev–Trinajstić information content (AvgIpc) is 2.96. The Bertz CT molecular complexity index is 684. The molecular formula is C22H37FN2O5. The van der Waals surface area contributed by atoms with Gasteiger partial charge in [0.1, 0.15) is 23.9 Å². The van der Waals surface area contributed by atoms with Crippen molar-refractivity contribution in [3.8, 4) is 0 Å². The summed E-state index contributed by atoms with van der Waals surface area (Å²) in [5.41, 5.74) is -1.41. The standard InChI is InChI=1S/C22H37FN2O5/c1-11-9-14(23)12(2)15-13(11)10-25(16(15)19(27)28)18(26)17(21(3,4)5)24-20(29)30-22(6,7)8/h11-17H,9-10H2,1-8H3,(H,24,29)(H,27,28)/t11-,12+,13+,14+,15-,16-,17+/m0/s1. The number of aliphatic carboxylic acids is 1. The van der Waals surface area contributed by atoms with E-state index in [4.69, 9.17) is 4.74 Å². The molecule has 1 saturated heterocycles. The Kier molecular flexibility index (Phi) is 6.79. The van der Waals surface area contributed by atoms with Gasteiger partial charge in [0.15, 0.2) is 0 Å². The molecule has 7 atom stereocenters. The molecule has 8 heteroatoms. The number of likely N-dealkylation sites (tertiary alicyclic amines) is 1. The van der Waals surface area contributed by atoms with Crippen molar-refractivity contribution in [2.45, 2.75) is 85.7 Å². The molecule has 30 heavy (non-hydrogen) atoms. The number of alkyl halides is 1. The molecule has 0 aromatic carbocycles. The van der Waals surface area contributed by atoms with Crippen LogP contribution < -0.4 is 5.32 Å². The third-order valence-electron chi connectivity index (χ3n) is 6.42. The van der Waals surface area contributed by atoms with E-state index in [0.717, 1.165) is 0 Å². The van der Waals surface area contributed by atoms with Gasteiger partial charge in [0.05, 0.1) is 0 Å². The fourth-order valence-electron chi connectivity index (χ4n) is 4.89. The van der Waals surface area contributed by atoms with E-state index < -0.39 is 59.1 Å². The molecule has 172 valence electrons. The number of rotatable bonds is 3. The van der Waals surface area contributed by atoms with Gasteiger partial charge < -0.3 is 20.1 Å². The van der Waals surface area contributed by atoms with Crippen LogP contribution in [0.15, 0.2) is 0 Å². The molecule has 1 aliphatic carbocycles. The molecular weight excluding hydrogens is 391 g/mol. The SMILES string of the molecule is C[C@H]1[C@H]2[C@H](CN(C(=O)[C@@H](NC(=O)OC(C)(C)C)C(C)(C)C)[C@@H]2C(=O)O)[C@@H](C)C[C@H]1F. The van der Waals surface area contributed by atoms with Gasteiger partial charge in [0.25, 0.3) is 0 Å². The Labute approximate surface area is 178 Å². The minimum atomic E-state index is -1.13. The molecule has 7 nitrogen and oxygen atoms in total. The minimum Gasteiger partial charge on any atom is -0.480 e. The Hall–Kier alpha value is -1.86. The second-order valence-electron chi connectivity index (χ2n) is 11.0. The van der Waals surface area contributed by atoms with Crippen LogP contribution in [0.2, 0.25) is 0 Å². The van der Waals surface area contributed by atoms with E-state index in [1.807, 2.05) is 6.92 Å². The predicted octanol–water partition coefficient (Wildman–Crippen LogP) is 3.47.